The Bertz CT molecular complexity index is 381. The van der Waals surface area contributed by atoms with E-state index in [0.29, 0.717) is 0 Å². The zero-order valence-electron chi connectivity index (χ0n) is 12.3. The summed E-state index contributed by atoms with van der Waals surface area (Å²) >= 11 is 0. The minimum absolute atomic E-state index is 0.949. The minimum atomic E-state index is 0.949. The summed E-state index contributed by atoms with van der Waals surface area (Å²) in [6.45, 7) is 8.31. The van der Waals surface area contributed by atoms with E-state index in [9.17, 15) is 0 Å². The first-order valence-electron chi connectivity index (χ1n) is 8.01. The predicted molar refractivity (Wildman–Crippen MR) is 83.1 cm³/mol. The predicted octanol–water partition coefficient (Wildman–Crippen LogP) is 1.59. The number of pyridine rings is 1. The first-order chi connectivity index (χ1) is 9.92. The van der Waals surface area contributed by atoms with E-state index in [-0.39, 0.29) is 0 Å². The van der Waals surface area contributed by atoms with Gasteiger partial charge < -0.3 is 10.2 Å². The van der Waals surface area contributed by atoms with Gasteiger partial charge in [-0.15, -0.1) is 0 Å². The second-order valence-corrected chi connectivity index (χ2v) is 6.00. The Labute approximate surface area is 122 Å². The number of piperazine rings is 1. The molecule has 1 aromatic rings. The highest BCUT2D eigenvalue weighted by Gasteiger charge is 2.19. The molecule has 0 aliphatic carbocycles. The first-order valence-corrected chi connectivity index (χ1v) is 8.01. The number of piperidine rings is 1. The lowest BCUT2D eigenvalue weighted by Gasteiger charge is -2.36. The van der Waals surface area contributed by atoms with Crippen LogP contribution in [0, 0.1) is 5.92 Å². The lowest BCUT2D eigenvalue weighted by molar-refractivity contribution is 0.224. The summed E-state index contributed by atoms with van der Waals surface area (Å²) < 4.78 is 0. The quantitative estimate of drug-likeness (QED) is 0.903. The third-order valence-corrected chi connectivity index (χ3v) is 4.66. The topological polar surface area (TPSA) is 31.4 Å². The van der Waals surface area contributed by atoms with Crippen molar-refractivity contribution >= 4 is 5.82 Å². The Morgan fingerprint density at radius 2 is 1.90 bits per heavy atom. The number of aromatic nitrogens is 1. The molecule has 0 aromatic carbocycles. The Morgan fingerprint density at radius 1 is 1.10 bits per heavy atom. The summed E-state index contributed by atoms with van der Waals surface area (Å²) in [5.74, 6) is 2.08. The molecule has 110 valence electrons. The van der Waals surface area contributed by atoms with Gasteiger partial charge in [0.25, 0.3) is 0 Å². The Balaban J connectivity index is 1.40. The maximum atomic E-state index is 4.45. The van der Waals surface area contributed by atoms with Gasteiger partial charge in [0, 0.05) is 32.4 Å². The molecule has 1 aromatic heterocycles. The number of hydrogen-bond donors (Lipinski definition) is 1. The monoisotopic (exact) mass is 274 g/mol. The smallest absolute Gasteiger partial charge is 0.128 e. The van der Waals surface area contributed by atoms with Gasteiger partial charge in [-0.25, -0.2) is 4.98 Å². The fraction of sp³-hybridized carbons (Fsp3) is 0.688. The summed E-state index contributed by atoms with van der Waals surface area (Å²) in [5.41, 5.74) is 0. The second-order valence-electron chi connectivity index (χ2n) is 6.00. The van der Waals surface area contributed by atoms with Crippen LogP contribution in [0.2, 0.25) is 0 Å². The lowest BCUT2D eigenvalue weighted by atomic mass is 9.94. The van der Waals surface area contributed by atoms with E-state index in [1.165, 1.54) is 52.0 Å². The Hall–Kier alpha value is -1.13. The zero-order chi connectivity index (χ0) is 13.6. The van der Waals surface area contributed by atoms with E-state index < -0.39 is 0 Å². The van der Waals surface area contributed by atoms with Gasteiger partial charge in [-0.1, -0.05) is 6.07 Å². The molecule has 3 heterocycles. The van der Waals surface area contributed by atoms with Gasteiger partial charge in [0.1, 0.15) is 5.82 Å². The highest BCUT2D eigenvalue weighted by Crippen LogP contribution is 2.18. The minimum Gasteiger partial charge on any atom is -0.354 e. The molecule has 2 aliphatic rings. The standard InChI is InChI=1S/C16H26N4/c1-2-7-18-16(3-1)20-13-11-19(12-14-20)10-6-15-4-8-17-9-5-15/h1-3,7,15,17H,4-6,8-14H2. The van der Waals surface area contributed by atoms with Crippen LogP contribution >= 0.6 is 0 Å². The number of nitrogens with one attached hydrogen (secondary N) is 1. The van der Waals surface area contributed by atoms with Crippen LogP contribution in [0.4, 0.5) is 5.82 Å². The van der Waals surface area contributed by atoms with Crippen molar-refractivity contribution in [1.82, 2.24) is 15.2 Å². The number of anilines is 1. The normalized spacial score (nSPS) is 22.1. The molecule has 0 atom stereocenters. The van der Waals surface area contributed by atoms with Crippen LogP contribution in [0.5, 0.6) is 0 Å². The van der Waals surface area contributed by atoms with Crippen LogP contribution in [0.25, 0.3) is 0 Å². The summed E-state index contributed by atoms with van der Waals surface area (Å²) in [6, 6.07) is 6.18. The van der Waals surface area contributed by atoms with Crippen molar-refractivity contribution in [3.63, 3.8) is 0 Å². The van der Waals surface area contributed by atoms with Crippen molar-refractivity contribution < 1.29 is 0 Å². The van der Waals surface area contributed by atoms with Gasteiger partial charge in [0.15, 0.2) is 0 Å². The third kappa shape index (κ3) is 3.70. The van der Waals surface area contributed by atoms with Gasteiger partial charge in [0.05, 0.1) is 0 Å². The third-order valence-electron chi connectivity index (χ3n) is 4.66. The summed E-state index contributed by atoms with van der Waals surface area (Å²) in [5, 5.41) is 3.45. The Kier molecular flexibility index (Phi) is 4.87. The second kappa shape index (κ2) is 7.04. The van der Waals surface area contributed by atoms with E-state index in [2.05, 4.69) is 32.2 Å². The molecule has 1 N–H and O–H groups in total. The van der Waals surface area contributed by atoms with Crippen molar-refractivity contribution in [2.75, 3.05) is 50.7 Å². The van der Waals surface area contributed by atoms with Crippen molar-refractivity contribution in [2.24, 2.45) is 5.92 Å². The van der Waals surface area contributed by atoms with Gasteiger partial charge in [-0.3, -0.25) is 4.90 Å². The van der Waals surface area contributed by atoms with Crippen molar-refractivity contribution in [3.05, 3.63) is 24.4 Å². The van der Waals surface area contributed by atoms with Gasteiger partial charge in [0.2, 0.25) is 0 Å². The van der Waals surface area contributed by atoms with E-state index in [0.717, 1.165) is 24.8 Å². The highest BCUT2D eigenvalue weighted by atomic mass is 15.3. The highest BCUT2D eigenvalue weighted by molar-refractivity contribution is 5.38. The van der Waals surface area contributed by atoms with Crippen LogP contribution < -0.4 is 10.2 Å². The molecule has 2 saturated heterocycles. The molecule has 0 unspecified atom stereocenters. The average Bonchev–Trinajstić information content (AvgIpc) is 2.55. The summed E-state index contributed by atoms with van der Waals surface area (Å²) in [7, 11) is 0. The molecule has 2 aliphatic heterocycles. The van der Waals surface area contributed by atoms with Crippen LogP contribution in [0.3, 0.4) is 0 Å². The molecular weight excluding hydrogens is 248 g/mol. The maximum Gasteiger partial charge on any atom is 0.128 e. The van der Waals surface area contributed by atoms with Gasteiger partial charge in [-0.2, -0.15) is 0 Å². The zero-order valence-corrected chi connectivity index (χ0v) is 12.3. The molecule has 4 nitrogen and oxygen atoms in total. The molecule has 0 saturated carbocycles. The van der Waals surface area contributed by atoms with Crippen LogP contribution in [0.1, 0.15) is 19.3 Å². The number of hydrogen-bond acceptors (Lipinski definition) is 4. The average molecular weight is 274 g/mol. The molecule has 0 spiro atoms. The summed E-state index contributed by atoms with van der Waals surface area (Å²) in [6.07, 6.45) is 6.01. The molecule has 3 rings (SSSR count). The van der Waals surface area contributed by atoms with Gasteiger partial charge in [-0.05, 0) is 56.9 Å². The van der Waals surface area contributed by atoms with Crippen LogP contribution in [0.15, 0.2) is 24.4 Å². The number of nitrogens with zero attached hydrogens (tertiary/aromatic N) is 3. The van der Waals surface area contributed by atoms with Crippen LogP contribution in [-0.4, -0.2) is 55.7 Å². The molecule has 20 heavy (non-hydrogen) atoms. The number of rotatable bonds is 4. The fourth-order valence-electron chi connectivity index (χ4n) is 3.28. The lowest BCUT2D eigenvalue weighted by Crippen LogP contribution is -2.47. The van der Waals surface area contributed by atoms with Crippen molar-refractivity contribution in [3.8, 4) is 0 Å². The van der Waals surface area contributed by atoms with E-state index in [1.54, 1.807) is 0 Å². The summed E-state index contributed by atoms with van der Waals surface area (Å²) in [4.78, 5) is 9.48. The SMILES string of the molecule is c1ccc(N2CCN(CCC3CCNCC3)CC2)nc1. The maximum absolute atomic E-state index is 4.45. The fourth-order valence-corrected chi connectivity index (χ4v) is 3.28. The molecule has 4 heteroatoms. The van der Waals surface area contributed by atoms with Gasteiger partial charge >= 0.3 is 0 Å². The molecule has 0 amide bonds. The Morgan fingerprint density at radius 3 is 2.60 bits per heavy atom. The van der Waals surface area contributed by atoms with Crippen molar-refractivity contribution in [2.45, 2.75) is 19.3 Å². The van der Waals surface area contributed by atoms with Crippen LogP contribution in [-0.2, 0) is 0 Å². The molecule has 0 bridgehead atoms. The molecule has 0 radical (unpaired) electrons. The van der Waals surface area contributed by atoms with E-state index >= 15 is 0 Å². The van der Waals surface area contributed by atoms with Crippen molar-refractivity contribution in [1.29, 1.82) is 0 Å². The molecule has 2 fully saturated rings. The molecular formula is C16H26N4. The first kappa shape index (κ1) is 13.8. The van der Waals surface area contributed by atoms with E-state index in [4.69, 9.17) is 0 Å². The van der Waals surface area contributed by atoms with E-state index in [1.807, 2.05) is 12.3 Å². The largest absolute Gasteiger partial charge is 0.354 e.